The molecule has 1 N–H and O–H groups in total. The number of hydrogen-bond donors (Lipinski definition) is 1. The number of benzene rings is 4. The van der Waals surface area contributed by atoms with Crippen LogP contribution >= 0.6 is 11.6 Å². The van der Waals surface area contributed by atoms with Gasteiger partial charge in [0.05, 0.1) is 32.6 Å². The number of methoxy groups -OCH3 is 3. The van der Waals surface area contributed by atoms with E-state index in [0.29, 0.717) is 33.4 Å². The number of fused-ring (bicyclic) bond motifs is 1. The summed E-state index contributed by atoms with van der Waals surface area (Å²) in [5.41, 5.74) is 1.13. The molecule has 0 aliphatic rings. The van der Waals surface area contributed by atoms with Gasteiger partial charge in [-0.15, -0.1) is 0 Å². The fraction of sp³-hybridized carbons (Fsp3) is 0.176. The topological polar surface area (TPSA) is 107 Å². The Morgan fingerprint density at radius 2 is 1.43 bits per heavy atom. The van der Waals surface area contributed by atoms with E-state index in [4.69, 9.17) is 25.8 Å². The standard InChI is InChI=1S/C34H30ClF2N3O6S/c1-44-24-8-4-21(5-9-24)19-40(20-22-6-10-25(45-2)11-7-22)47(42,43)31-17-23(16-27-26(31)14-15-38-34(27)46-3)39-32(41)18-28-29(35)12-13-30(36)33(28)37/h4-17H,18-20H2,1-3H3,(H,39,41). The third-order valence-electron chi connectivity index (χ3n) is 7.41. The Balaban J connectivity index is 1.59. The lowest BCUT2D eigenvalue weighted by atomic mass is 10.1. The highest BCUT2D eigenvalue weighted by Crippen LogP contribution is 2.35. The second-order valence-electron chi connectivity index (χ2n) is 10.4. The van der Waals surface area contributed by atoms with Crippen LogP contribution in [0.1, 0.15) is 16.7 Å². The van der Waals surface area contributed by atoms with Crippen molar-refractivity contribution in [2.45, 2.75) is 24.4 Å². The predicted molar refractivity (Wildman–Crippen MR) is 174 cm³/mol. The van der Waals surface area contributed by atoms with Crippen LogP contribution in [0, 0.1) is 11.6 Å². The summed E-state index contributed by atoms with van der Waals surface area (Å²) < 4.78 is 74.9. The molecule has 0 unspecified atom stereocenters. The number of anilines is 1. The highest BCUT2D eigenvalue weighted by atomic mass is 35.5. The number of halogens is 3. The number of nitrogens with zero attached hydrogens (tertiary/aromatic N) is 2. The summed E-state index contributed by atoms with van der Waals surface area (Å²) in [6, 6.07) is 20.4. The smallest absolute Gasteiger partial charge is 0.244 e. The summed E-state index contributed by atoms with van der Waals surface area (Å²) in [7, 11) is 0.154. The summed E-state index contributed by atoms with van der Waals surface area (Å²) in [4.78, 5) is 17.2. The Morgan fingerprint density at radius 3 is 1.98 bits per heavy atom. The first-order valence-electron chi connectivity index (χ1n) is 14.2. The number of pyridine rings is 1. The van der Waals surface area contributed by atoms with Crippen LogP contribution < -0.4 is 19.5 Å². The molecule has 0 atom stereocenters. The minimum absolute atomic E-state index is 0.00397. The van der Waals surface area contributed by atoms with E-state index in [1.165, 1.54) is 35.8 Å². The van der Waals surface area contributed by atoms with Crippen LogP contribution in [0.4, 0.5) is 14.5 Å². The average Bonchev–Trinajstić information content (AvgIpc) is 3.08. The van der Waals surface area contributed by atoms with Gasteiger partial charge in [-0.3, -0.25) is 4.79 Å². The Bertz CT molecular complexity index is 1980. The molecule has 1 amide bonds. The van der Waals surface area contributed by atoms with Crippen LogP contribution in [-0.2, 0) is 34.3 Å². The molecule has 47 heavy (non-hydrogen) atoms. The molecular formula is C34H30ClF2N3O6S. The molecule has 9 nitrogen and oxygen atoms in total. The van der Waals surface area contributed by atoms with Gasteiger partial charge in [-0.25, -0.2) is 22.2 Å². The predicted octanol–water partition coefficient (Wildman–Crippen LogP) is 6.76. The number of ether oxygens (including phenoxy) is 3. The van der Waals surface area contributed by atoms with Gasteiger partial charge in [0.15, 0.2) is 11.6 Å². The number of hydrogen-bond acceptors (Lipinski definition) is 7. The van der Waals surface area contributed by atoms with Gasteiger partial charge in [0.2, 0.25) is 21.8 Å². The quantitative estimate of drug-likeness (QED) is 0.145. The molecule has 4 aromatic carbocycles. The van der Waals surface area contributed by atoms with Crippen molar-refractivity contribution in [1.82, 2.24) is 9.29 Å². The number of sulfonamides is 1. The van der Waals surface area contributed by atoms with E-state index in [2.05, 4.69) is 10.3 Å². The van der Waals surface area contributed by atoms with E-state index in [1.807, 2.05) is 0 Å². The van der Waals surface area contributed by atoms with E-state index in [9.17, 15) is 22.0 Å². The molecule has 244 valence electrons. The zero-order valence-corrected chi connectivity index (χ0v) is 27.2. The fourth-order valence-corrected chi connectivity index (χ4v) is 6.86. The average molecular weight is 682 g/mol. The van der Waals surface area contributed by atoms with Gasteiger partial charge in [-0.05, 0) is 65.7 Å². The Labute approximate surface area is 275 Å². The van der Waals surface area contributed by atoms with Crippen LogP contribution in [0.3, 0.4) is 0 Å². The molecule has 1 heterocycles. The maximum Gasteiger partial charge on any atom is 0.244 e. The van der Waals surface area contributed by atoms with E-state index in [0.717, 1.165) is 12.1 Å². The molecule has 1 aromatic heterocycles. The molecule has 0 aliphatic heterocycles. The number of rotatable bonds is 12. The highest BCUT2D eigenvalue weighted by Gasteiger charge is 2.29. The minimum Gasteiger partial charge on any atom is -0.497 e. The largest absolute Gasteiger partial charge is 0.497 e. The van der Waals surface area contributed by atoms with Crippen LogP contribution in [0.25, 0.3) is 10.8 Å². The van der Waals surface area contributed by atoms with Crippen molar-refractivity contribution >= 4 is 44.0 Å². The van der Waals surface area contributed by atoms with Crippen molar-refractivity contribution in [3.8, 4) is 17.4 Å². The van der Waals surface area contributed by atoms with Crippen molar-refractivity contribution in [2.24, 2.45) is 0 Å². The summed E-state index contributed by atoms with van der Waals surface area (Å²) in [6.45, 7) is -0.00793. The number of nitrogens with one attached hydrogen (secondary N) is 1. The molecule has 5 aromatic rings. The van der Waals surface area contributed by atoms with Crippen molar-refractivity contribution < 1.29 is 36.2 Å². The second kappa shape index (κ2) is 14.3. The van der Waals surface area contributed by atoms with Crippen molar-refractivity contribution in [1.29, 1.82) is 0 Å². The van der Waals surface area contributed by atoms with Crippen LogP contribution in [0.5, 0.6) is 17.4 Å². The normalized spacial score (nSPS) is 11.5. The van der Waals surface area contributed by atoms with Crippen LogP contribution in [0.2, 0.25) is 5.02 Å². The molecule has 0 spiro atoms. The SMILES string of the molecule is COc1ccc(CN(Cc2ccc(OC)cc2)S(=O)(=O)c2cc(NC(=O)Cc3c(Cl)ccc(F)c3F)cc3c(OC)nccc23)cc1. The molecule has 0 saturated carbocycles. The third-order valence-corrected chi connectivity index (χ3v) is 9.60. The summed E-state index contributed by atoms with van der Waals surface area (Å²) >= 11 is 6.04. The molecule has 0 fully saturated rings. The molecule has 0 radical (unpaired) electrons. The van der Waals surface area contributed by atoms with Gasteiger partial charge < -0.3 is 19.5 Å². The summed E-state index contributed by atoms with van der Waals surface area (Å²) in [6.07, 6.45) is 0.818. The van der Waals surface area contributed by atoms with E-state index in [1.54, 1.807) is 62.8 Å². The first-order chi connectivity index (χ1) is 22.5. The number of carbonyl (C=O) groups is 1. The Morgan fingerprint density at radius 1 is 0.830 bits per heavy atom. The van der Waals surface area contributed by atoms with Crippen LogP contribution in [-0.4, -0.2) is 44.9 Å². The van der Waals surface area contributed by atoms with E-state index in [-0.39, 0.29) is 40.1 Å². The summed E-state index contributed by atoms with van der Waals surface area (Å²) in [5, 5.41) is 3.07. The molecule has 0 saturated heterocycles. The third kappa shape index (κ3) is 7.46. The first kappa shape index (κ1) is 33.6. The second-order valence-corrected chi connectivity index (χ2v) is 12.7. The van der Waals surface area contributed by atoms with Crippen LogP contribution in [0.15, 0.2) is 90.0 Å². The maximum absolute atomic E-state index is 14.7. The minimum atomic E-state index is -4.31. The van der Waals surface area contributed by atoms with E-state index < -0.39 is 34.0 Å². The lowest BCUT2D eigenvalue weighted by molar-refractivity contribution is -0.115. The van der Waals surface area contributed by atoms with Crippen molar-refractivity contribution in [2.75, 3.05) is 26.6 Å². The Kier molecular flexibility index (Phi) is 10.2. The lowest BCUT2D eigenvalue weighted by Crippen LogP contribution is -2.30. The summed E-state index contributed by atoms with van der Waals surface area (Å²) in [5.74, 6) is -1.80. The van der Waals surface area contributed by atoms with Gasteiger partial charge in [0, 0.05) is 46.3 Å². The van der Waals surface area contributed by atoms with Gasteiger partial charge in [0.25, 0.3) is 0 Å². The zero-order chi connectivity index (χ0) is 33.7. The highest BCUT2D eigenvalue weighted by molar-refractivity contribution is 7.89. The van der Waals surface area contributed by atoms with Crippen molar-refractivity contribution in [3.05, 3.63) is 118 Å². The molecule has 5 rings (SSSR count). The van der Waals surface area contributed by atoms with E-state index >= 15 is 0 Å². The fourth-order valence-electron chi connectivity index (χ4n) is 5.00. The van der Waals surface area contributed by atoms with Gasteiger partial charge in [-0.2, -0.15) is 4.31 Å². The monoisotopic (exact) mass is 681 g/mol. The molecule has 13 heteroatoms. The van der Waals surface area contributed by atoms with Gasteiger partial charge in [-0.1, -0.05) is 35.9 Å². The molecule has 0 bridgehead atoms. The lowest BCUT2D eigenvalue weighted by Gasteiger charge is -2.24. The first-order valence-corrected chi connectivity index (χ1v) is 16.0. The van der Waals surface area contributed by atoms with Crippen molar-refractivity contribution in [3.63, 3.8) is 0 Å². The molecule has 0 aliphatic carbocycles. The maximum atomic E-state index is 14.7. The zero-order valence-electron chi connectivity index (χ0n) is 25.6. The van der Waals surface area contributed by atoms with Gasteiger partial charge >= 0.3 is 0 Å². The molecular weight excluding hydrogens is 652 g/mol. The number of aromatic nitrogens is 1. The van der Waals surface area contributed by atoms with Gasteiger partial charge in [0.1, 0.15) is 11.5 Å². The number of amides is 1. The number of carbonyl (C=O) groups excluding carboxylic acids is 1. The Hall–Kier alpha value is -4.78.